The highest BCUT2D eigenvalue weighted by Gasteiger charge is 2.19. The van der Waals surface area contributed by atoms with E-state index in [2.05, 4.69) is 10.4 Å². The first-order valence-electron chi connectivity index (χ1n) is 8.15. The van der Waals surface area contributed by atoms with Crippen LogP contribution in [0.5, 0.6) is 0 Å². The van der Waals surface area contributed by atoms with Gasteiger partial charge in [0.05, 0.1) is 18.2 Å². The maximum absolute atomic E-state index is 13.8. The lowest BCUT2D eigenvalue weighted by Gasteiger charge is -2.15. The Morgan fingerprint density at radius 2 is 2.00 bits per heavy atom. The van der Waals surface area contributed by atoms with Crippen molar-refractivity contribution in [3.05, 3.63) is 52.3 Å². The Balaban J connectivity index is 2.13. The summed E-state index contributed by atoms with van der Waals surface area (Å²) in [5.41, 5.74) is 3.14. The Bertz CT molecular complexity index is 740. The number of rotatable bonds is 6. The third-order valence-corrected chi connectivity index (χ3v) is 4.17. The summed E-state index contributed by atoms with van der Waals surface area (Å²) in [6, 6.07) is 2.83. The van der Waals surface area contributed by atoms with Crippen molar-refractivity contribution in [2.45, 2.75) is 46.1 Å². The number of hydrogen-bond donors (Lipinski definition) is 1. The summed E-state index contributed by atoms with van der Waals surface area (Å²) in [4.78, 5) is 12.4. The molecule has 0 saturated carbocycles. The summed E-state index contributed by atoms with van der Waals surface area (Å²) in [5, 5.41) is 7.23. The molecule has 1 aromatic carbocycles. The molecule has 2 rings (SSSR count). The monoisotopic (exact) mass is 335 g/mol. The Morgan fingerprint density at radius 3 is 2.58 bits per heavy atom. The van der Waals surface area contributed by atoms with Crippen LogP contribution in [0.15, 0.2) is 18.2 Å². The van der Waals surface area contributed by atoms with Gasteiger partial charge in [0.2, 0.25) is 5.91 Å². The molecule has 0 aliphatic heterocycles. The maximum Gasteiger partial charge on any atom is 0.225 e. The van der Waals surface area contributed by atoms with Crippen molar-refractivity contribution in [3.63, 3.8) is 0 Å². The van der Waals surface area contributed by atoms with Gasteiger partial charge in [0.15, 0.2) is 0 Å². The van der Waals surface area contributed by atoms with Crippen molar-refractivity contribution in [2.75, 3.05) is 0 Å². The van der Waals surface area contributed by atoms with Crippen molar-refractivity contribution >= 4 is 5.91 Å². The van der Waals surface area contributed by atoms with Gasteiger partial charge >= 0.3 is 0 Å². The molecule has 1 aromatic heterocycles. The van der Waals surface area contributed by atoms with E-state index in [0.29, 0.717) is 0 Å². The highest BCUT2D eigenvalue weighted by molar-refractivity contribution is 5.79. The molecular weight excluding hydrogens is 312 g/mol. The van der Waals surface area contributed by atoms with E-state index >= 15 is 0 Å². The average molecular weight is 335 g/mol. The van der Waals surface area contributed by atoms with Crippen molar-refractivity contribution in [3.8, 4) is 0 Å². The highest BCUT2D eigenvalue weighted by Crippen LogP contribution is 2.19. The second kappa shape index (κ2) is 7.55. The molecule has 0 aliphatic carbocycles. The molecule has 1 atom stereocenters. The van der Waals surface area contributed by atoms with Gasteiger partial charge in [-0.2, -0.15) is 5.10 Å². The third kappa shape index (κ3) is 3.80. The Kier molecular flexibility index (Phi) is 5.70. The molecule has 1 amide bonds. The Morgan fingerprint density at radius 1 is 1.29 bits per heavy atom. The van der Waals surface area contributed by atoms with Crippen molar-refractivity contribution in [2.24, 2.45) is 7.05 Å². The first-order valence-corrected chi connectivity index (χ1v) is 8.15. The summed E-state index contributed by atoms with van der Waals surface area (Å²) >= 11 is 0. The largest absolute Gasteiger partial charge is 0.349 e. The summed E-state index contributed by atoms with van der Waals surface area (Å²) in [7, 11) is 1.87. The number of aromatic nitrogens is 2. The van der Waals surface area contributed by atoms with Crippen molar-refractivity contribution in [1.82, 2.24) is 15.1 Å². The smallest absolute Gasteiger partial charge is 0.225 e. The minimum absolute atomic E-state index is 0.202. The number of amides is 1. The van der Waals surface area contributed by atoms with Crippen LogP contribution in [0.25, 0.3) is 0 Å². The van der Waals surface area contributed by atoms with Gasteiger partial charge in [-0.25, -0.2) is 8.78 Å². The SMILES string of the molecule is CCc1nn(C)c(CC)c1CC(=O)NC(C)c1ccc(F)cc1F. The van der Waals surface area contributed by atoms with E-state index in [9.17, 15) is 13.6 Å². The number of nitrogens with one attached hydrogen (secondary N) is 1. The second-order valence-corrected chi connectivity index (χ2v) is 5.83. The van der Waals surface area contributed by atoms with Gasteiger partial charge in [-0.05, 0) is 25.8 Å². The lowest BCUT2D eigenvalue weighted by atomic mass is 10.0. The standard InChI is InChI=1S/C18H23F2N3O/c1-5-16-14(17(6-2)23(4)22-16)10-18(24)21-11(3)13-8-7-12(19)9-15(13)20/h7-9,11H,5-6,10H2,1-4H3,(H,21,24). The van der Waals surface area contributed by atoms with Crippen LogP contribution in [-0.4, -0.2) is 15.7 Å². The molecular formula is C18H23F2N3O. The molecule has 1 unspecified atom stereocenters. The first kappa shape index (κ1) is 18.1. The van der Waals surface area contributed by atoms with Crippen LogP contribution in [0.2, 0.25) is 0 Å². The number of halogens is 2. The van der Waals surface area contributed by atoms with E-state index in [4.69, 9.17) is 0 Å². The number of hydrogen-bond acceptors (Lipinski definition) is 2. The van der Waals surface area contributed by atoms with E-state index in [0.717, 1.165) is 35.9 Å². The van der Waals surface area contributed by atoms with E-state index in [1.54, 1.807) is 6.92 Å². The highest BCUT2D eigenvalue weighted by atomic mass is 19.1. The quantitative estimate of drug-likeness (QED) is 0.881. The molecule has 24 heavy (non-hydrogen) atoms. The van der Waals surface area contributed by atoms with E-state index in [1.165, 1.54) is 12.1 Å². The molecule has 0 saturated heterocycles. The summed E-state index contributed by atoms with van der Waals surface area (Å²) in [6.45, 7) is 5.70. The van der Waals surface area contributed by atoms with Crippen LogP contribution in [-0.2, 0) is 31.1 Å². The number of carbonyl (C=O) groups excluding carboxylic acids is 1. The maximum atomic E-state index is 13.8. The topological polar surface area (TPSA) is 46.9 Å². The fourth-order valence-electron chi connectivity index (χ4n) is 2.98. The first-order chi connectivity index (χ1) is 11.4. The zero-order valence-electron chi connectivity index (χ0n) is 14.5. The number of aryl methyl sites for hydroxylation is 2. The van der Waals surface area contributed by atoms with Crippen LogP contribution in [0.4, 0.5) is 8.78 Å². The minimum Gasteiger partial charge on any atom is -0.349 e. The van der Waals surface area contributed by atoms with E-state index in [-0.39, 0.29) is 17.9 Å². The Labute approximate surface area is 140 Å². The molecule has 1 N–H and O–H groups in total. The molecule has 0 radical (unpaired) electrons. The fourth-order valence-corrected chi connectivity index (χ4v) is 2.98. The van der Waals surface area contributed by atoms with Gasteiger partial charge in [-0.3, -0.25) is 9.48 Å². The lowest BCUT2D eigenvalue weighted by molar-refractivity contribution is -0.121. The zero-order valence-corrected chi connectivity index (χ0v) is 14.5. The summed E-state index contributed by atoms with van der Waals surface area (Å²) < 4.78 is 28.6. The van der Waals surface area contributed by atoms with E-state index in [1.807, 2.05) is 25.6 Å². The molecule has 2 aromatic rings. The van der Waals surface area contributed by atoms with Crippen LogP contribution in [0.1, 0.15) is 49.3 Å². The molecule has 1 heterocycles. The molecule has 0 spiro atoms. The summed E-state index contributed by atoms with van der Waals surface area (Å²) in [6.07, 6.45) is 1.74. The molecule has 4 nitrogen and oxygen atoms in total. The third-order valence-electron chi connectivity index (χ3n) is 4.17. The van der Waals surface area contributed by atoms with E-state index < -0.39 is 17.7 Å². The summed E-state index contributed by atoms with van der Waals surface area (Å²) in [5.74, 6) is -1.50. The van der Waals surface area contributed by atoms with Gasteiger partial charge in [-0.15, -0.1) is 0 Å². The molecule has 0 fully saturated rings. The fraction of sp³-hybridized carbons (Fsp3) is 0.444. The molecule has 0 bridgehead atoms. The van der Waals surface area contributed by atoms with Gasteiger partial charge in [-0.1, -0.05) is 19.9 Å². The van der Waals surface area contributed by atoms with Crippen molar-refractivity contribution in [1.29, 1.82) is 0 Å². The average Bonchev–Trinajstić information content (AvgIpc) is 2.81. The molecule has 0 aliphatic rings. The predicted octanol–water partition coefficient (Wildman–Crippen LogP) is 3.24. The van der Waals surface area contributed by atoms with Gasteiger partial charge < -0.3 is 5.32 Å². The minimum atomic E-state index is -0.660. The number of carbonyl (C=O) groups is 1. The van der Waals surface area contributed by atoms with Crippen LogP contribution in [0, 0.1) is 11.6 Å². The van der Waals surface area contributed by atoms with Crippen LogP contribution in [0.3, 0.4) is 0 Å². The van der Waals surface area contributed by atoms with Crippen LogP contribution < -0.4 is 5.32 Å². The normalized spacial score (nSPS) is 12.2. The van der Waals surface area contributed by atoms with Gasteiger partial charge in [0, 0.05) is 29.9 Å². The lowest BCUT2D eigenvalue weighted by Crippen LogP contribution is -2.29. The number of benzene rings is 1. The van der Waals surface area contributed by atoms with Gasteiger partial charge in [0.1, 0.15) is 11.6 Å². The van der Waals surface area contributed by atoms with Gasteiger partial charge in [0.25, 0.3) is 0 Å². The Hall–Kier alpha value is -2.24. The predicted molar refractivity (Wildman–Crippen MR) is 88.6 cm³/mol. The van der Waals surface area contributed by atoms with Crippen molar-refractivity contribution < 1.29 is 13.6 Å². The van der Waals surface area contributed by atoms with Crippen LogP contribution >= 0.6 is 0 Å². The number of nitrogens with zero attached hydrogens (tertiary/aromatic N) is 2. The molecule has 130 valence electrons. The zero-order chi connectivity index (χ0) is 17.9. The second-order valence-electron chi connectivity index (χ2n) is 5.83. The molecule has 6 heteroatoms.